The Labute approximate surface area is 95.0 Å². The van der Waals surface area contributed by atoms with Crippen molar-refractivity contribution in [3.8, 4) is 0 Å². The lowest BCUT2D eigenvalue weighted by atomic mass is 9.69. The summed E-state index contributed by atoms with van der Waals surface area (Å²) in [6.07, 6.45) is 4.03. The minimum Gasteiger partial charge on any atom is -0.383 e. The predicted octanol–water partition coefficient (Wildman–Crippen LogP) is 3.35. The Bertz CT molecular complexity index is 385. The average molecular weight is 223 g/mol. The number of halogens is 1. The first-order valence-electron chi connectivity index (χ1n) is 5.55. The van der Waals surface area contributed by atoms with E-state index in [0.29, 0.717) is 5.41 Å². The maximum atomic E-state index is 6.17. The summed E-state index contributed by atoms with van der Waals surface area (Å²) in [5.74, 6) is 0. The molecule has 1 aromatic rings. The first kappa shape index (κ1) is 9.34. The second kappa shape index (κ2) is 3.31. The average Bonchev–Trinajstić information content (AvgIpc) is 2.37. The number of rotatable bonds is 0. The molecule has 0 amide bonds. The van der Waals surface area contributed by atoms with E-state index in [4.69, 9.17) is 11.6 Å². The second-order valence-corrected chi connectivity index (χ2v) is 5.13. The molecule has 1 aromatic carbocycles. The fourth-order valence-corrected chi connectivity index (χ4v) is 2.74. The molecular weight excluding hydrogens is 208 g/mol. The number of anilines is 2. The van der Waals surface area contributed by atoms with Gasteiger partial charge in [-0.3, -0.25) is 0 Å². The summed E-state index contributed by atoms with van der Waals surface area (Å²) in [6.45, 7) is 2.13. The maximum absolute atomic E-state index is 6.17. The van der Waals surface area contributed by atoms with Gasteiger partial charge in [-0.2, -0.15) is 0 Å². The van der Waals surface area contributed by atoms with Gasteiger partial charge in [-0.15, -0.1) is 0 Å². The number of hydrogen-bond acceptors (Lipinski definition) is 2. The molecule has 2 N–H and O–H groups in total. The second-order valence-electron chi connectivity index (χ2n) is 4.72. The molecule has 1 spiro atoms. The molecule has 0 aromatic heterocycles. The van der Waals surface area contributed by atoms with E-state index < -0.39 is 0 Å². The van der Waals surface area contributed by atoms with Crippen LogP contribution in [0.15, 0.2) is 18.2 Å². The monoisotopic (exact) mass is 222 g/mol. The van der Waals surface area contributed by atoms with Gasteiger partial charge in [-0.25, -0.2) is 0 Å². The van der Waals surface area contributed by atoms with Crippen molar-refractivity contribution in [1.82, 2.24) is 0 Å². The minimum absolute atomic E-state index is 0.475. The minimum atomic E-state index is 0.475. The van der Waals surface area contributed by atoms with E-state index in [9.17, 15) is 0 Å². The van der Waals surface area contributed by atoms with E-state index in [1.54, 1.807) is 0 Å². The molecule has 3 rings (SSSR count). The number of hydrogen-bond donors (Lipinski definition) is 2. The molecule has 80 valence electrons. The number of fused-ring (bicyclic) bond motifs is 1. The molecule has 1 saturated carbocycles. The van der Waals surface area contributed by atoms with Gasteiger partial charge in [-0.05, 0) is 25.0 Å². The normalized spacial score (nSPS) is 21.9. The van der Waals surface area contributed by atoms with Gasteiger partial charge in [0.25, 0.3) is 0 Å². The lowest BCUT2D eigenvalue weighted by Crippen LogP contribution is -2.40. The van der Waals surface area contributed by atoms with E-state index >= 15 is 0 Å². The smallest absolute Gasteiger partial charge is 0.0765 e. The zero-order chi connectivity index (χ0) is 10.3. The van der Waals surface area contributed by atoms with Crippen molar-refractivity contribution in [3.63, 3.8) is 0 Å². The van der Waals surface area contributed by atoms with Gasteiger partial charge in [0, 0.05) is 18.5 Å². The highest BCUT2D eigenvalue weighted by atomic mass is 35.5. The number of benzene rings is 1. The fourth-order valence-electron chi connectivity index (χ4n) is 2.50. The van der Waals surface area contributed by atoms with Crippen molar-refractivity contribution in [2.45, 2.75) is 19.3 Å². The third-order valence-corrected chi connectivity index (χ3v) is 4.04. The molecule has 0 radical (unpaired) electrons. The molecule has 0 saturated heterocycles. The topological polar surface area (TPSA) is 24.1 Å². The SMILES string of the molecule is Clc1cccc2c1NCC1(CCC1)CN2. The van der Waals surface area contributed by atoms with Crippen molar-refractivity contribution in [1.29, 1.82) is 0 Å². The van der Waals surface area contributed by atoms with E-state index in [2.05, 4.69) is 16.7 Å². The Morgan fingerprint density at radius 1 is 1.13 bits per heavy atom. The van der Waals surface area contributed by atoms with Crippen LogP contribution >= 0.6 is 11.6 Å². The molecule has 0 unspecified atom stereocenters. The van der Waals surface area contributed by atoms with Crippen LogP contribution in [-0.2, 0) is 0 Å². The Hall–Kier alpha value is -0.890. The standard InChI is InChI=1S/C12H15ClN2/c13-9-3-1-4-10-11(9)15-8-12(7-14-10)5-2-6-12/h1,3-4,14-15H,2,5-8H2. The van der Waals surface area contributed by atoms with Gasteiger partial charge >= 0.3 is 0 Å². The molecule has 0 atom stereocenters. The maximum Gasteiger partial charge on any atom is 0.0765 e. The summed E-state index contributed by atoms with van der Waals surface area (Å²) in [5, 5.41) is 7.82. The zero-order valence-electron chi connectivity index (χ0n) is 8.65. The van der Waals surface area contributed by atoms with Crippen LogP contribution < -0.4 is 10.6 Å². The molecule has 1 aliphatic carbocycles. The van der Waals surface area contributed by atoms with Gasteiger partial charge in [-0.1, -0.05) is 24.1 Å². The summed E-state index contributed by atoms with van der Waals surface area (Å²) < 4.78 is 0. The first-order chi connectivity index (χ1) is 7.29. The van der Waals surface area contributed by atoms with Crippen LogP contribution in [0.5, 0.6) is 0 Å². The Morgan fingerprint density at radius 2 is 1.93 bits per heavy atom. The third kappa shape index (κ3) is 1.48. The highest BCUT2D eigenvalue weighted by molar-refractivity contribution is 6.34. The lowest BCUT2D eigenvalue weighted by Gasteiger charge is -2.41. The molecule has 0 bridgehead atoms. The van der Waals surface area contributed by atoms with Crippen molar-refractivity contribution in [2.24, 2.45) is 5.41 Å². The van der Waals surface area contributed by atoms with Crippen LogP contribution in [0.2, 0.25) is 5.02 Å². The van der Waals surface area contributed by atoms with Gasteiger partial charge in [0.2, 0.25) is 0 Å². The lowest BCUT2D eigenvalue weighted by molar-refractivity contribution is 0.171. The molecule has 1 aliphatic heterocycles. The van der Waals surface area contributed by atoms with Crippen LogP contribution in [0.1, 0.15) is 19.3 Å². The van der Waals surface area contributed by atoms with E-state index in [-0.39, 0.29) is 0 Å². The van der Waals surface area contributed by atoms with Gasteiger partial charge in [0.1, 0.15) is 0 Å². The van der Waals surface area contributed by atoms with Crippen LogP contribution in [0.25, 0.3) is 0 Å². The largest absolute Gasteiger partial charge is 0.383 e. The first-order valence-corrected chi connectivity index (χ1v) is 5.93. The van der Waals surface area contributed by atoms with Crippen molar-refractivity contribution < 1.29 is 0 Å². The third-order valence-electron chi connectivity index (χ3n) is 3.72. The van der Waals surface area contributed by atoms with E-state index in [1.807, 2.05) is 12.1 Å². The summed E-state index contributed by atoms with van der Waals surface area (Å²) in [6, 6.07) is 6.02. The molecule has 1 heterocycles. The number of para-hydroxylation sites is 1. The molecule has 15 heavy (non-hydrogen) atoms. The number of nitrogens with one attached hydrogen (secondary N) is 2. The summed E-state index contributed by atoms with van der Waals surface area (Å²) in [4.78, 5) is 0. The van der Waals surface area contributed by atoms with Crippen LogP contribution in [0, 0.1) is 5.41 Å². The fraction of sp³-hybridized carbons (Fsp3) is 0.500. The summed E-state index contributed by atoms with van der Waals surface area (Å²) in [7, 11) is 0. The van der Waals surface area contributed by atoms with Gasteiger partial charge in [0.15, 0.2) is 0 Å². The Morgan fingerprint density at radius 3 is 2.67 bits per heavy atom. The molecule has 2 nitrogen and oxygen atoms in total. The summed E-state index contributed by atoms with van der Waals surface area (Å²) >= 11 is 6.17. The molecule has 1 fully saturated rings. The van der Waals surface area contributed by atoms with E-state index in [1.165, 1.54) is 19.3 Å². The summed E-state index contributed by atoms with van der Waals surface area (Å²) in [5.41, 5.74) is 2.69. The Kier molecular flexibility index (Phi) is 2.06. The molecular formula is C12H15ClN2. The quantitative estimate of drug-likeness (QED) is 0.704. The highest BCUT2D eigenvalue weighted by Crippen LogP contribution is 2.44. The van der Waals surface area contributed by atoms with Gasteiger partial charge in [0.05, 0.1) is 16.4 Å². The van der Waals surface area contributed by atoms with Crippen LogP contribution in [0.3, 0.4) is 0 Å². The predicted molar refractivity (Wildman–Crippen MR) is 64.7 cm³/mol. The zero-order valence-corrected chi connectivity index (χ0v) is 9.40. The molecule has 2 aliphatic rings. The molecule has 3 heteroatoms. The van der Waals surface area contributed by atoms with Crippen molar-refractivity contribution in [2.75, 3.05) is 23.7 Å². The van der Waals surface area contributed by atoms with Crippen LogP contribution in [-0.4, -0.2) is 13.1 Å². The van der Waals surface area contributed by atoms with Gasteiger partial charge < -0.3 is 10.6 Å². The van der Waals surface area contributed by atoms with Crippen LogP contribution in [0.4, 0.5) is 11.4 Å². The van der Waals surface area contributed by atoms with Crippen molar-refractivity contribution >= 4 is 23.0 Å². The highest BCUT2D eigenvalue weighted by Gasteiger charge is 2.38. The van der Waals surface area contributed by atoms with Crippen molar-refractivity contribution in [3.05, 3.63) is 23.2 Å². The Balaban J connectivity index is 1.91. The van der Waals surface area contributed by atoms with E-state index in [0.717, 1.165) is 29.5 Å².